The highest BCUT2D eigenvalue weighted by Gasteiger charge is 2.55. The molecular weight excluding hydrogens is 795 g/mol. The number of rotatable bonds is 14. The Labute approximate surface area is 367 Å². The van der Waals surface area contributed by atoms with Crippen molar-refractivity contribution >= 4 is 28.9 Å². The number of methoxy groups -OCH3 is 1. The summed E-state index contributed by atoms with van der Waals surface area (Å²) in [5, 5.41) is 8.11. The van der Waals surface area contributed by atoms with Crippen molar-refractivity contribution in [3.63, 3.8) is 0 Å². The standard InChI is InChI=1S/C50H55N7O6/c1-3-4-10-40(55-49(60)63-30-32-8-6-5-7-9-32)45-51-29-42(53-45)39-18-17-37-25-36(15-16-38(37)26-39)33-11-13-34(14-12-33)41-28-52-46(54-41)43-27-50(21-22-50)31-57(43)47(58)44(56-48(59)61-2)35-19-23-62-24-20-35/h5-9,11-18,25-26,28-29,35,40,43-44H,3-4,10,19-24,27,30-31H2,1-2H3,(H,51,53)(H,52,54)(H,55,60)(H,56,59)/t40-,43-,44-/m0/s1. The summed E-state index contributed by atoms with van der Waals surface area (Å²) in [6, 6.07) is 29.8. The molecule has 3 amide bonds. The van der Waals surface area contributed by atoms with E-state index in [0.29, 0.717) is 38.4 Å². The van der Waals surface area contributed by atoms with Gasteiger partial charge in [0.1, 0.15) is 24.3 Å². The lowest BCUT2D eigenvalue weighted by atomic mass is 9.90. The first-order chi connectivity index (χ1) is 30.8. The fourth-order valence-electron chi connectivity index (χ4n) is 9.21. The Balaban J connectivity index is 0.867. The predicted octanol–water partition coefficient (Wildman–Crippen LogP) is 9.65. The lowest BCUT2D eigenvalue weighted by Gasteiger charge is -2.34. The largest absolute Gasteiger partial charge is 0.453 e. The van der Waals surface area contributed by atoms with E-state index in [9.17, 15) is 14.4 Å². The summed E-state index contributed by atoms with van der Waals surface area (Å²) < 4.78 is 16.0. The molecule has 326 valence electrons. The monoisotopic (exact) mass is 849 g/mol. The number of benzene rings is 4. The number of aromatic amines is 2. The van der Waals surface area contributed by atoms with Gasteiger partial charge in [0.25, 0.3) is 0 Å². The predicted molar refractivity (Wildman–Crippen MR) is 240 cm³/mol. The number of alkyl carbamates (subject to hydrolysis) is 2. The third-order valence-corrected chi connectivity index (χ3v) is 13.1. The van der Waals surface area contributed by atoms with Gasteiger partial charge in [-0.3, -0.25) is 4.79 Å². The van der Waals surface area contributed by atoms with E-state index in [4.69, 9.17) is 19.2 Å². The molecule has 2 saturated heterocycles. The quantitative estimate of drug-likeness (QED) is 0.0842. The zero-order valence-corrected chi connectivity index (χ0v) is 35.9. The number of H-pyrrole nitrogens is 2. The second-order valence-electron chi connectivity index (χ2n) is 17.4. The van der Waals surface area contributed by atoms with Crippen LogP contribution < -0.4 is 10.6 Å². The number of likely N-dealkylation sites (tertiary alicyclic amines) is 1. The van der Waals surface area contributed by atoms with Crippen molar-refractivity contribution in [3.05, 3.63) is 121 Å². The number of carbonyl (C=O) groups excluding carboxylic acids is 3. The third-order valence-electron chi connectivity index (χ3n) is 13.1. The second kappa shape index (κ2) is 18.5. The molecule has 4 heterocycles. The second-order valence-corrected chi connectivity index (χ2v) is 17.4. The number of imidazole rings is 2. The van der Waals surface area contributed by atoms with Gasteiger partial charge in [0.15, 0.2) is 0 Å². The first kappa shape index (κ1) is 41.9. The Morgan fingerprint density at radius 1 is 0.825 bits per heavy atom. The molecule has 2 aromatic heterocycles. The SMILES string of the molecule is CCCC[C@H](NC(=O)OCc1ccccc1)c1ncc(-c2ccc3cc(-c4ccc(-c5cnc([C@@H]6CC7(CC7)CN6C(=O)[C@@H](NC(=O)OC)C6CCOCC6)[nH]5)cc4)ccc3c2)[nH]1. The van der Waals surface area contributed by atoms with E-state index in [1.165, 1.54) is 7.11 Å². The molecule has 9 rings (SSSR count). The van der Waals surface area contributed by atoms with E-state index >= 15 is 0 Å². The zero-order valence-electron chi connectivity index (χ0n) is 35.9. The van der Waals surface area contributed by atoms with Crippen molar-refractivity contribution in [2.24, 2.45) is 11.3 Å². The van der Waals surface area contributed by atoms with Crippen molar-refractivity contribution in [2.75, 3.05) is 26.9 Å². The smallest absolute Gasteiger partial charge is 0.408 e. The van der Waals surface area contributed by atoms with Crippen LogP contribution in [0.4, 0.5) is 9.59 Å². The summed E-state index contributed by atoms with van der Waals surface area (Å²) >= 11 is 0. The van der Waals surface area contributed by atoms with Gasteiger partial charge in [0, 0.05) is 25.3 Å². The van der Waals surface area contributed by atoms with Crippen molar-refractivity contribution in [1.82, 2.24) is 35.5 Å². The molecule has 3 fully saturated rings. The average Bonchev–Trinajstić information content (AvgIpc) is 3.65. The van der Waals surface area contributed by atoms with Crippen LogP contribution in [0, 0.1) is 11.3 Å². The maximum absolute atomic E-state index is 14.3. The normalized spacial score (nSPS) is 17.9. The van der Waals surface area contributed by atoms with Gasteiger partial charge < -0.3 is 39.7 Å². The van der Waals surface area contributed by atoms with Crippen molar-refractivity contribution in [2.45, 2.75) is 83.0 Å². The zero-order chi connectivity index (χ0) is 43.3. The highest BCUT2D eigenvalue weighted by molar-refractivity contribution is 5.91. The van der Waals surface area contributed by atoms with Gasteiger partial charge in [-0.15, -0.1) is 0 Å². The van der Waals surface area contributed by atoms with Crippen LogP contribution in [0.25, 0.3) is 44.4 Å². The van der Waals surface area contributed by atoms with Crippen molar-refractivity contribution in [1.29, 1.82) is 0 Å². The number of hydrogen-bond acceptors (Lipinski definition) is 8. The van der Waals surface area contributed by atoms with Gasteiger partial charge in [-0.25, -0.2) is 19.6 Å². The maximum atomic E-state index is 14.3. The van der Waals surface area contributed by atoms with Gasteiger partial charge in [-0.1, -0.05) is 98.6 Å². The first-order valence-corrected chi connectivity index (χ1v) is 22.2. The molecular formula is C50H55N7O6. The van der Waals surface area contributed by atoms with Crippen LogP contribution >= 0.6 is 0 Å². The molecule has 0 unspecified atom stereocenters. The summed E-state index contributed by atoms with van der Waals surface area (Å²) in [7, 11) is 1.33. The molecule has 13 heteroatoms. The van der Waals surface area contributed by atoms with Crippen LogP contribution in [0.1, 0.15) is 87.6 Å². The number of unbranched alkanes of at least 4 members (excludes halogenated alkanes) is 1. The van der Waals surface area contributed by atoms with Gasteiger partial charge >= 0.3 is 12.2 Å². The number of fused-ring (bicyclic) bond motifs is 1. The molecule has 3 atom stereocenters. The Hall–Kier alpha value is -6.47. The fraction of sp³-hybridized carbons (Fsp3) is 0.380. The molecule has 6 aromatic rings. The Kier molecular flexibility index (Phi) is 12.3. The Bertz CT molecular complexity index is 2540. The van der Waals surface area contributed by atoms with Crippen LogP contribution in [0.2, 0.25) is 0 Å². The number of hydrogen-bond donors (Lipinski definition) is 4. The molecule has 13 nitrogen and oxygen atoms in total. The molecule has 1 saturated carbocycles. The molecule has 1 aliphatic carbocycles. The van der Waals surface area contributed by atoms with E-state index < -0.39 is 18.2 Å². The summed E-state index contributed by atoms with van der Waals surface area (Å²) in [6.45, 7) is 4.13. The van der Waals surface area contributed by atoms with Gasteiger partial charge in [0.05, 0.1) is 43.0 Å². The summed E-state index contributed by atoms with van der Waals surface area (Å²) in [4.78, 5) is 58.0. The molecule has 0 radical (unpaired) electrons. The number of amides is 3. The molecule has 4 N–H and O–H groups in total. The fourth-order valence-corrected chi connectivity index (χ4v) is 9.21. The Morgan fingerprint density at radius 3 is 2.24 bits per heavy atom. The van der Waals surface area contributed by atoms with Gasteiger partial charge in [0.2, 0.25) is 5.91 Å². The van der Waals surface area contributed by atoms with Crippen molar-refractivity contribution < 1.29 is 28.6 Å². The van der Waals surface area contributed by atoms with Crippen LogP contribution in [-0.4, -0.2) is 75.8 Å². The number of carbonyl (C=O) groups is 3. The molecule has 0 bridgehead atoms. The van der Waals surface area contributed by atoms with E-state index in [1.54, 1.807) is 0 Å². The Morgan fingerprint density at radius 2 is 1.51 bits per heavy atom. The van der Waals surface area contributed by atoms with Crippen molar-refractivity contribution in [3.8, 4) is 33.6 Å². The maximum Gasteiger partial charge on any atom is 0.408 e. The van der Waals surface area contributed by atoms with E-state index in [-0.39, 0.29) is 35.9 Å². The number of nitrogens with one attached hydrogen (secondary N) is 4. The van der Waals surface area contributed by atoms with E-state index in [0.717, 1.165) is 94.3 Å². The van der Waals surface area contributed by atoms with Crippen LogP contribution in [0.3, 0.4) is 0 Å². The summed E-state index contributed by atoms with van der Waals surface area (Å²) in [5.41, 5.74) is 7.02. The highest BCUT2D eigenvalue weighted by atomic mass is 16.5. The lowest BCUT2D eigenvalue weighted by Crippen LogP contribution is -2.53. The lowest BCUT2D eigenvalue weighted by molar-refractivity contribution is -0.137. The minimum atomic E-state index is -0.677. The van der Waals surface area contributed by atoms with E-state index in [1.807, 2.05) is 47.6 Å². The van der Waals surface area contributed by atoms with Gasteiger partial charge in [-0.2, -0.15) is 0 Å². The number of nitrogens with zero attached hydrogens (tertiary/aromatic N) is 3. The number of aromatic nitrogens is 4. The topological polar surface area (TPSA) is 164 Å². The molecule has 63 heavy (non-hydrogen) atoms. The van der Waals surface area contributed by atoms with Crippen LogP contribution in [0.15, 0.2) is 103 Å². The summed E-state index contributed by atoms with van der Waals surface area (Å²) in [6.07, 6.45) is 9.72. The van der Waals surface area contributed by atoms with Crippen LogP contribution in [0.5, 0.6) is 0 Å². The van der Waals surface area contributed by atoms with Crippen LogP contribution in [-0.2, 0) is 25.6 Å². The minimum Gasteiger partial charge on any atom is -0.453 e. The molecule has 3 aliphatic rings. The minimum absolute atomic E-state index is 0.0216. The number of ether oxygens (including phenoxy) is 3. The summed E-state index contributed by atoms with van der Waals surface area (Å²) in [5.74, 6) is 1.37. The first-order valence-electron chi connectivity index (χ1n) is 22.2. The average molecular weight is 850 g/mol. The highest BCUT2D eigenvalue weighted by Crippen LogP contribution is 2.58. The van der Waals surface area contributed by atoms with Gasteiger partial charge in [-0.05, 0) is 95.0 Å². The molecule has 4 aromatic carbocycles. The van der Waals surface area contributed by atoms with E-state index in [2.05, 4.69) is 93.2 Å². The molecule has 1 spiro atoms. The third kappa shape index (κ3) is 9.48. The molecule has 2 aliphatic heterocycles.